The maximum atomic E-state index is 13.4. The summed E-state index contributed by atoms with van der Waals surface area (Å²) in [6, 6.07) is 21.7. The number of carboxylic acids is 1. The lowest BCUT2D eigenvalue weighted by Gasteiger charge is -2.28. The first kappa shape index (κ1) is 23.4. The van der Waals surface area contributed by atoms with Crippen molar-refractivity contribution < 1.29 is 19.1 Å². The number of hydrogen-bond donors (Lipinski definition) is 1. The summed E-state index contributed by atoms with van der Waals surface area (Å²) < 4.78 is 5.70. The van der Waals surface area contributed by atoms with E-state index >= 15 is 0 Å². The molecule has 0 saturated heterocycles. The summed E-state index contributed by atoms with van der Waals surface area (Å²) in [6.45, 7) is -0.140. The second-order valence-electron chi connectivity index (χ2n) is 7.55. The molecule has 1 aromatic heterocycles. The van der Waals surface area contributed by atoms with E-state index in [0.29, 0.717) is 16.4 Å². The first-order valence-electron chi connectivity index (χ1n) is 10.4. The third-order valence-electron chi connectivity index (χ3n) is 5.24. The Hall–Kier alpha value is -3.72. The van der Waals surface area contributed by atoms with Crippen LogP contribution in [0.2, 0.25) is 10.0 Å². The van der Waals surface area contributed by atoms with Crippen LogP contribution in [-0.4, -0.2) is 34.5 Å². The van der Waals surface area contributed by atoms with Crippen molar-refractivity contribution in [1.82, 2.24) is 4.90 Å². The molecular weight excluding hydrogens is 473 g/mol. The lowest BCUT2D eigenvalue weighted by molar-refractivity contribution is -0.142. The molecule has 0 spiro atoms. The maximum absolute atomic E-state index is 13.4. The molecule has 0 bridgehead atoms. The Kier molecular flexibility index (Phi) is 7.22. The largest absolute Gasteiger partial charge is 0.480 e. The van der Waals surface area contributed by atoms with Gasteiger partial charge >= 0.3 is 5.97 Å². The first-order chi connectivity index (χ1) is 16.4. The van der Waals surface area contributed by atoms with E-state index in [9.17, 15) is 14.7 Å². The summed E-state index contributed by atoms with van der Waals surface area (Å²) >= 11 is 12.2. The number of amides is 1. The lowest BCUT2D eigenvalue weighted by atomic mass is 10.0. The van der Waals surface area contributed by atoms with E-state index < -0.39 is 17.9 Å². The van der Waals surface area contributed by atoms with Crippen LogP contribution in [0.4, 0.5) is 0 Å². The zero-order valence-corrected chi connectivity index (χ0v) is 19.4. The monoisotopic (exact) mass is 491 g/mol. The molecule has 0 aliphatic heterocycles. The van der Waals surface area contributed by atoms with Crippen molar-refractivity contribution in [3.8, 4) is 11.8 Å². The van der Waals surface area contributed by atoms with Gasteiger partial charge in [0.1, 0.15) is 11.6 Å². The van der Waals surface area contributed by atoms with E-state index in [1.165, 1.54) is 23.1 Å². The smallest absolute Gasteiger partial charge is 0.326 e. The topological polar surface area (TPSA) is 70.8 Å². The number of rotatable bonds is 6. The van der Waals surface area contributed by atoms with Gasteiger partial charge in [-0.3, -0.25) is 4.79 Å². The van der Waals surface area contributed by atoms with Crippen molar-refractivity contribution in [3.63, 3.8) is 0 Å². The van der Waals surface area contributed by atoms with Crippen molar-refractivity contribution in [3.05, 3.63) is 106 Å². The molecule has 0 aliphatic carbocycles. The lowest BCUT2D eigenvalue weighted by Crippen LogP contribution is -2.46. The van der Waals surface area contributed by atoms with Gasteiger partial charge < -0.3 is 14.4 Å². The molecule has 3 aromatic carbocycles. The standard InChI is InChI=1S/C27H19Cl2NO4/c28-20-12-13-22(23(29)17-20)26(31)30(24(27(32)33)15-18-7-2-1-3-8-18)14-6-10-21-16-19-9-4-5-11-25(19)34-21/h1-5,7-9,11-13,16-17,24H,14-15H2,(H,32,33). The highest BCUT2D eigenvalue weighted by atomic mass is 35.5. The van der Waals surface area contributed by atoms with Gasteiger partial charge in [-0.15, -0.1) is 0 Å². The van der Waals surface area contributed by atoms with Crippen LogP contribution in [0.25, 0.3) is 11.0 Å². The highest BCUT2D eigenvalue weighted by Gasteiger charge is 2.31. The molecule has 4 aromatic rings. The predicted molar refractivity (Wildman–Crippen MR) is 132 cm³/mol. The zero-order valence-electron chi connectivity index (χ0n) is 17.9. The molecule has 1 N–H and O–H groups in total. The number of furan rings is 1. The normalized spacial score (nSPS) is 11.5. The Bertz CT molecular complexity index is 1370. The van der Waals surface area contributed by atoms with Crippen molar-refractivity contribution in [1.29, 1.82) is 0 Å². The fourth-order valence-electron chi connectivity index (χ4n) is 3.56. The fourth-order valence-corrected chi connectivity index (χ4v) is 4.05. The van der Waals surface area contributed by atoms with Crippen LogP contribution >= 0.6 is 23.2 Å². The minimum Gasteiger partial charge on any atom is -0.480 e. The molecule has 0 fully saturated rings. The van der Waals surface area contributed by atoms with Crippen LogP contribution < -0.4 is 0 Å². The molecule has 1 heterocycles. The number of nitrogens with zero attached hydrogens (tertiary/aromatic N) is 1. The van der Waals surface area contributed by atoms with Gasteiger partial charge in [-0.05, 0) is 35.7 Å². The van der Waals surface area contributed by atoms with Gasteiger partial charge in [0, 0.05) is 22.9 Å². The van der Waals surface area contributed by atoms with Crippen LogP contribution in [0.5, 0.6) is 0 Å². The average Bonchev–Trinajstić information content (AvgIpc) is 3.24. The quantitative estimate of drug-likeness (QED) is 0.339. The molecule has 0 radical (unpaired) electrons. The zero-order chi connectivity index (χ0) is 24.1. The molecule has 1 unspecified atom stereocenters. The van der Waals surface area contributed by atoms with Gasteiger partial charge in [0.2, 0.25) is 0 Å². The minimum atomic E-state index is -1.16. The molecule has 0 aliphatic rings. The number of carboxylic acid groups (broad SMARTS) is 1. The van der Waals surface area contributed by atoms with Crippen molar-refractivity contribution in [2.45, 2.75) is 12.5 Å². The summed E-state index contributed by atoms with van der Waals surface area (Å²) in [5.41, 5.74) is 1.62. The summed E-state index contributed by atoms with van der Waals surface area (Å²) in [5, 5.41) is 11.4. The summed E-state index contributed by atoms with van der Waals surface area (Å²) in [5.74, 6) is 4.52. The van der Waals surface area contributed by atoms with Gasteiger partial charge in [-0.2, -0.15) is 0 Å². The maximum Gasteiger partial charge on any atom is 0.326 e. The number of aliphatic carboxylic acids is 1. The number of carbonyl (C=O) groups excluding carboxylic acids is 1. The van der Waals surface area contributed by atoms with Crippen LogP contribution in [0, 0.1) is 11.8 Å². The highest BCUT2D eigenvalue weighted by Crippen LogP contribution is 2.24. The Morgan fingerprint density at radius 3 is 2.41 bits per heavy atom. The summed E-state index contributed by atoms with van der Waals surface area (Å²) in [7, 11) is 0. The Balaban J connectivity index is 1.67. The molecule has 1 amide bonds. The molecule has 4 rings (SSSR count). The Morgan fingerprint density at radius 2 is 1.71 bits per heavy atom. The van der Waals surface area contributed by atoms with E-state index in [4.69, 9.17) is 27.6 Å². The van der Waals surface area contributed by atoms with Gasteiger partial charge in [0.25, 0.3) is 5.91 Å². The minimum absolute atomic E-state index is 0.111. The molecule has 1 atom stereocenters. The van der Waals surface area contributed by atoms with Gasteiger partial charge in [0.15, 0.2) is 5.76 Å². The highest BCUT2D eigenvalue weighted by molar-refractivity contribution is 6.36. The second kappa shape index (κ2) is 10.5. The van der Waals surface area contributed by atoms with E-state index in [0.717, 1.165) is 10.9 Å². The number of carbonyl (C=O) groups is 2. The number of benzene rings is 3. The Morgan fingerprint density at radius 1 is 0.971 bits per heavy atom. The summed E-state index contributed by atoms with van der Waals surface area (Å²) in [4.78, 5) is 26.9. The van der Waals surface area contributed by atoms with Crippen LogP contribution in [0.1, 0.15) is 21.7 Å². The van der Waals surface area contributed by atoms with Gasteiger partial charge in [-0.25, -0.2) is 4.79 Å². The fraction of sp³-hybridized carbons (Fsp3) is 0.111. The van der Waals surface area contributed by atoms with Crippen LogP contribution in [0.3, 0.4) is 0 Å². The van der Waals surface area contributed by atoms with E-state index in [-0.39, 0.29) is 23.6 Å². The SMILES string of the molecule is O=C(O)C(Cc1ccccc1)N(CC#Cc1cc2ccccc2o1)C(=O)c1ccc(Cl)cc1Cl. The third-order valence-corrected chi connectivity index (χ3v) is 5.79. The summed E-state index contributed by atoms with van der Waals surface area (Å²) in [6.07, 6.45) is 0.111. The number of para-hydroxylation sites is 1. The molecule has 170 valence electrons. The number of hydrogen-bond acceptors (Lipinski definition) is 3. The van der Waals surface area contributed by atoms with Crippen LogP contribution in [-0.2, 0) is 11.2 Å². The average molecular weight is 492 g/mol. The molecule has 0 saturated carbocycles. The van der Waals surface area contributed by atoms with E-state index in [1.54, 1.807) is 6.07 Å². The molecular formula is C27H19Cl2NO4. The molecule has 34 heavy (non-hydrogen) atoms. The number of halogens is 2. The molecule has 7 heteroatoms. The van der Waals surface area contributed by atoms with Crippen molar-refractivity contribution in [2.24, 2.45) is 0 Å². The number of fused-ring (bicyclic) bond motifs is 1. The Labute approximate surface area is 206 Å². The van der Waals surface area contributed by atoms with Gasteiger partial charge in [0.05, 0.1) is 17.1 Å². The van der Waals surface area contributed by atoms with Crippen molar-refractivity contribution in [2.75, 3.05) is 6.54 Å². The van der Waals surface area contributed by atoms with Crippen LogP contribution in [0.15, 0.2) is 83.3 Å². The predicted octanol–water partition coefficient (Wildman–Crippen LogP) is 5.93. The van der Waals surface area contributed by atoms with Crippen molar-refractivity contribution >= 4 is 46.0 Å². The van der Waals surface area contributed by atoms with E-state index in [1.807, 2.05) is 54.6 Å². The third kappa shape index (κ3) is 5.43. The van der Waals surface area contributed by atoms with Gasteiger partial charge in [-0.1, -0.05) is 77.7 Å². The second-order valence-corrected chi connectivity index (χ2v) is 8.39. The molecule has 5 nitrogen and oxygen atoms in total. The van der Waals surface area contributed by atoms with E-state index in [2.05, 4.69) is 11.8 Å². The first-order valence-corrected chi connectivity index (χ1v) is 11.2.